The summed E-state index contributed by atoms with van der Waals surface area (Å²) in [5.74, 6) is -0.134. The zero-order valence-corrected chi connectivity index (χ0v) is 47.3. The first kappa shape index (κ1) is 68.2. The summed E-state index contributed by atoms with van der Waals surface area (Å²) in [6, 6.07) is -0.714. The van der Waals surface area contributed by atoms with Gasteiger partial charge in [-0.2, -0.15) is 0 Å². The van der Waals surface area contributed by atoms with Gasteiger partial charge in [-0.05, 0) is 12.8 Å². The Balaban J connectivity index is 2.15. The minimum absolute atomic E-state index is 0.131. The molecular weight excluding hydrogens is 887 g/mol. The number of rotatable bonds is 56. The van der Waals surface area contributed by atoms with Gasteiger partial charge in [-0.3, -0.25) is 4.79 Å². The van der Waals surface area contributed by atoms with Crippen LogP contribution in [0.15, 0.2) is 0 Å². The van der Waals surface area contributed by atoms with Crippen molar-refractivity contribution in [2.24, 2.45) is 0 Å². The summed E-state index contributed by atoms with van der Waals surface area (Å²) in [5, 5.41) is 54.8. The van der Waals surface area contributed by atoms with Gasteiger partial charge in [0.25, 0.3) is 0 Å². The van der Waals surface area contributed by atoms with Crippen molar-refractivity contribution >= 4 is 5.91 Å². The molecule has 6 N–H and O–H groups in total. The third-order valence-corrected chi connectivity index (χ3v) is 15.7. The third kappa shape index (κ3) is 42.0. The van der Waals surface area contributed by atoms with Crippen LogP contribution in [0.25, 0.3) is 0 Å². The fourth-order valence-electron chi connectivity index (χ4n) is 10.7. The Bertz CT molecular complexity index is 1080. The number of unbranched alkanes of at least 4 members (excludes halogenated alkanes) is 46. The lowest BCUT2D eigenvalue weighted by Gasteiger charge is -2.40. The van der Waals surface area contributed by atoms with E-state index in [9.17, 15) is 30.3 Å². The maximum absolute atomic E-state index is 13.1. The summed E-state index contributed by atoms with van der Waals surface area (Å²) < 4.78 is 11.4. The maximum Gasteiger partial charge on any atom is 0.220 e. The van der Waals surface area contributed by atoms with Crippen LogP contribution in [0.3, 0.4) is 0 Å². The van der Waals surface area contributed by atoms with Crippen molar-refractivity contribution in [1.82, 2.24) is 5.32 Å². The van der Waals surface area contributed by atoms with Crippen LogP contribution < -0.4 is 5.32 Å². The first-order valence-electron chi connectivity index (χ1n) is 31.7. The lowest BCUT2D eigenvalue weighted by Crippen LogP contribution is -2.60. The highest BCUT2D eigenvalue weighted by molar-refractivity contribution is 5.76. The highest BCUT2D eigenvalue weighted by atomic mass is 16.7. The van der Waals surface area contributed by atoms with Gasteiger partial charge in [0.05, 0.1) is 25.4 Å². The van der Waals surface area contributed by atoms with E-state index < -0.39 is 49.5 Å². The third-order valence-electron chi connectivity index (χ3n) is 15.7. The normalized spacial score (nSPS) is 19.1. The van der Waals surface area contributed by atoms with Gasteiger partial charge in [0, 0.05) is 6.42 Å². The zero-order valence-electron chi connectivity index (χ0n) is 47.3. The van der Waals surface area contributed by atoms with Gasteiger partial charge in [-0.1, -0.05) is 316 Å². The van der Waals surface area contributed by atoms with E-state index in [2.05, 4.69) is 19.2 Å². The lowest BCUT2D eigenvalue weighted by molar-refractivity contribution is -0.302. The Morgan fingerprint density at radius 3 is 1.00 bits per heavy atom. The molecule has 0 bridgehead atoms. The molecule has 71 heavy (non-hydrogen) atoms. The minimum atomic E-state index is -1.55. The summed E-state index contributed by atoms with van der Waals surface area (Å²) >= 11 is 0. The summed E-state index contributed by atoms with van der Waals surface area (Å²) in [5.41, 5.74) is 0. The largest absolute Gasteiger partial charge is 0.394 e. The van der Waals surface area contributed by atoms with Crippen LogP contribution in [0.5, 0.6) is 0 Å². The van der Waals surface area contributed by atoms with Crippen LogP contribution in [0.1, 0.15) is 335 Å². The molecule has 1 heterocycles. The van der Waals surface area contributed by atoms with Crippen molar-refractivity contribution in [1.29, 1.82) is 0 Å². The molecule has 7 unspecified atom stereocenters. The van der Waals surface area contributed by atoms with Crippen molar-refractivity contribution in [3.05, 3.63) is 0 Å². The Hall–Kier alpha value is -0.810. The van der Waals surface area contributed by atoms with Gasteiger partial charge in [0.15, 0.2) is 6.29 Å². The van der Waals surface area contributed by atoms with E-state index in [-0.39, 0.29) is 12.5 Å². The fraction of sp³-hybridized carbons (Fsp3) is 0.984. The molecule has 1 amide bonds. The monoisotopic (exact) mass is 1010 g/mol. The predicted molar refractivity (Wildman–Crippen MR) is 300 cm³/mol. The van der Waals surface area contributed by atoms with E-state index in [1.807, 2.05) is 0 Å². The van der Waals surface area contributed by atoms with E-state index in [1.54, 1.807) is 0 Å². The minimum Gasteiger partial charge on any atom is -0.394 e. The van der Waals surface area contributed by atoms with Crippen LogP contribution in [-0.2, 0) is 14.3 Å². The quantitative estimate of drug-likeness (QED) is 0.0330. The van der Waals surface area contributed by atoms with E-state index in [0.717, 1.165) is 38.5 Å². The maximum atomic E-state index is 13.1. The molecule has 9 nitrogen and oxygen atoms in total. The fourth-order valence-corrected chi connectivity index (χ4v) is 10.7. The van der Waals surface area contributed by atoms with Gasteiger partial charge in [0.2, 0.25) is 5.91 Å². The van der Waals surface area contributed by atoms with E-state index in [1.165, 1.54) is 270 Å². The molecule has 0 aromatic heterocycles. The number of hydrogen-bond donors (Lipinski definition) is 6. The molecule has 424 valence electrons. The summed E-state index contributed by atoms with van der Waals surface area (Å²) in [4.78, 5) is 13.1. The predicted octanol–water partition coefficient (Wildman–Crippen LogP) is 16.2. The van der Waals surface area contributed by atoms with Crippen molar-refractivity contribution in [2.45, 2.75) is 378 Å². The van der Waals surface area contributed by atoms with E-state index in [4.69, 9.17) is 9.47 Å². The summed E-state index contributed by atoms with van der Waals surface area (Å²) in [6.45, 7) is 3.90. The van der Waals surface area contributed by atoms with Gasteiger partial charge in [0.1, 0.15) is 24.4 Å². The summed E-state index contributed by atoms with van der Waals surface area (Å²) in [6.07, 6.45) is 57.2. The lowest BCUT2D eigenvalue weighted by atomic mass is 9.99. The van der Waals surface area contributed by atoms with Crippen molar-refractivity contribution in [2.75, 3.05) is 13.2 Å². The topological polar surface area (TPSA) is 149 Å². The second-order valence-corrected chi connectivity index (χ2v) is 22.6. The van der Waals surface area contributed by atoms with E-state index >= 15 is 0 Å². The molecule has 0 saturated carbocycles. The number of ether oxygens (including phenoxy) is 2. The molecule has 0 radical (unpaired) electrons. The van der Waals surface area contributed by atoms with Gasteiger partial charge in [-0.15, -0.1) is 0 Å². The molecule has 0 spiro atoms. The SMILES string of the molecule is CCCCCCCCCCCCCCCCCCCCCCCCCCCC(O)C(COC1OC(CO)C(O)C(O)C1O)NC(=O)CCCCCCCCCCCCCCCCCCCCCCCCC. The number of nitrogens with one attached hydrogen (secondary N) is 1. The standard InChI is InChI=1S/C62H123NO8/c1-3-5-7-9-11-13-15-17-19-21-23-25-27-28-30-31-33-35-37-39-41-43-45-47-49-51-56(65)55(54-70-62-61(69)60(68)59(67)57(53-64)71-62)63-58(66)52-50-48-46-44-42-40-38-36-34-32-29-26-24-22-20-18-16-14-12-10-8-6-4-2/h55-57,59-62,64-65,67-69H,3-54H2,1-2H3,(H,63,66). The number of amides is 1. The highest BCUT2D eigenvalue weighted by Gasteiger charge is 2.44. The van der Waals surface area contributed by atoms with E-state index in [0.29, 0.717) is 12.8 Å². The highest BCUT2D eigenvalue weighted by Crippen LogP contribution is 2.24. The molecule has 1 aliphatic rings. The Morgan fingerprint density at radius 2 is 0.704 bits per heavy atom. The van der Waals surface area contributed by atoms with Crippen molar-refractivity contribution in [3.63, 3.8) is 0 Å². The van der Waals surface area contributed by atoms with Gasteiger partial charge in [-0.25, -0.2) is 0 Å². The molecule has 0 aromatic rings. The van der Waals surface area contributed by atoms with Gasteiger partial charge < -0.3 is 40.3 Å². The molecule has 0 aromatic carbocycles. The van der Waals surface area contributed by atoms with Crippen LogP contribution in [0, 0.1) is 0 Å². The van der Waals surface area contributed by atoms with Crippen molar-refractivity contribution in [3.8, 4) is 0 Å². The second-order valence-electron chi connectivity index (χ2n) is 22.6. The molecule has 7 atom stereocenters. The smallest absolute Gasteiger partial charge is 0.220 e. The van der Waals surface area contributed by atoms with Crippen LogP contribution in [-0.4, -0.2) is 87.5 Å². The molecule has 0 aliphatic carbocycles. The average Bonchev–Trinajstić information content (AvgIpc) is 3.37. The number of hydrogen-bond acceptors (Lipinski definition) is 8. The molecule has 9 heteroatoms. The number of carbonyl (C=O) groups is 1. The zero-order chi connectivity index (χ0) is 51.5. The molecule has 1 aliphatic heterocycles. The number of carbonyl (C=O) groups excluding carboxylic acids is 1. The second kappa shape index (κ2) is 52.6. The number of aliphatic hydroxyl groups is 5. The first-order chi connectivity index (χ1) is 34.8. The molecular formula is C62H123NO8. The van der Waals surface area contributed by atoms with Crippen molar-refractivity contribution < 1.29 is 39.8 Å². The molecule has 1 rings (SSSR count). The average molecular weight is 1010 g/mol. The van der Waals surface area contributed by atoms with Crippen LogP contribution in [0.4, 0.5) is 0 Å². The summed E-state index contributed by atoms with van der Waals surface area (Å²) in [7, 11) is 0. The Kier molecular flexibility index (Phi) is 50.6. The Morgan fingerprint density at radius 1 is 0.423 bits per heavy atom. The number of aliphatic hydroxyl groups excluding tert-OH is 5. The van der Waals surface area contributed by atoms with Gasteiger partial charge >= 0.3 is 0 Å². The molecule has 1 fully saturated rings. The molecule has 1 saturated heterocycles. The van der Waals surface area contributed by atoms with Crippen LogP contribution in [0.2, 0.25) is 0 Å². The first-order valence-corrected chi connectivity index (χ1v) is 31.7. The van der Waals surface area contributed by atoms with Crippen LogP contribution >= 0.6 is 0 Å². The Labute approximate surface area is 440 Å².